The van der Waals surface area contributed by atoms with Gasteiger partial charge in [-0.25, -0.2) is 4.84 Å². The Kier molecular flexibility index (Phi) is 14.2. The molecule has 0 saturated carbocycles. The van der Waals surface area contributed by atoms with Gasteiger partial charge in [-0.2, -0.15) is 127 Å². The predicted octanol–water partition coefficient (Wildman–Crippen LogP) is 13.8. The van der Waals surface area contributed by atoms with Crippen LogP contribution < -0.4 is 31.4 Å². The lowest BCUT2D eigenvalue weighted by atomic mass is 9.12. The van der Waals surface area contributed by atoms with Gasteiger partial charge in [0.05, 0.1) is 49.2 Å². The molecule has 0 amide bonds. The Morgan fingerprint density at radius 3 is 0.822 bits per heavy atom. The molecule has 7 rings (SSSR count). The van der Waals surface area contributed by atoms with Crippen LogP contribution in [0.15, 0.2) is 138 Å². The highest BCUT2D eigenvalue weighted by Crippen LogP contribution is 2.41. The molecule has 390 valence electrons. The molecule has 0 unspecified atom stereocenters. The number of oxazole rings is 1. The van der Waals surface area contributed by atoms with Crippen molar-refractivity contribution in [3.05, 3.63) is 178 Å². The van der Waals surface area contributed by atoms with E-state index < -0.39 is 195 Å². The number of benzene rings is 6. The molecule has 7 aromatic rings. The molecule has 0 radical (unpaired) electrons. The zero-order valence-electron chi connectivity index (χ0n) is 35.1. The van der Waals surface area contributed by atoms with Crippen LogP contribution in [0.2, 0.25) is 0 Å². The van der Waals surface area contributed by atoms with Gasteiger partial charge < -0.3 is 4.42 Å². The minimum absolute atomic E-state index is 0.691. The lowest BCUT2D eigenvalue weighted by molar-refractivity contribution is -0.857. The number of para-hydroxylation sites is 3. The average Bonchev–Trinajstić information content (AvgIpc) is 3.67. The number of rotatable bonds is 6. The molecule has 0 N–H and O–H groups in total. The van der Waals surface area contributed by atoms with Gasteiger partial charge in [-0.3, -0.25) is 0 Å². The number of alkyl halides is 24. The third-order valence-electron chi connectivity index (χ3n) is 10.8. The van der Waals surface area contributed by atoms with Gasteiger partial charge in [0.25, 0.3) is 0 Å². The topological polar surface area (TPSA) is 26.2 Å². The number of nitrogens with zero attached hydrogens (tertiary/aromatic N) is 1. The van der Waals surface area contributed by atoms with Crippen LogP contribution in [0.1, 0.15) is 44.5 Å². The van der Waals surface area contributed by atoms with E-state index in [1.54, 1.807) is 11.1 Å². The molecule has 0 aliphatic rings. The fourth-order valence-corrected chi connectivity index (χ4v) is 7.64. The Hall–Kier alpha value is -7.03. The smallest absolute Gasteiger partial charge is 0.400 e. The fraction of sp³-hybridized carbons (Fsp3) is 0.178. The third-order valence-corrected chi connectivity index (χ3v) is 10.8. The highest BCUT2D eigenvalue weighted by Gasteiger charge is 2.47. The van der Waals surface area contributed by atoms with Crippen LogP contribution in [0.5, 0.6) is 5.75 Å². The highest BCUT2D eigenvalue weighted by molar-refractivity contribution is 7.20. The van der Waals surface area contributed by atoms with E-state index in [-0.39, 0.29) is 0 Å². The van der Waals surface area contributed by atoms with Gasteiger partial charge in [-0.1, -0.05) is 78.9 Å². The lowest BCUT2D eigenvalue weighted by Crippen LogP contribution is -2.75. The van der Waals surface area contributed by atoms with E-state index in [4.69, 9.17) is 9.25 Å². The predicted molar refractivity (Wildman–Crippen MR) is 209 cm³/mol. The summed E-state index contributed by atoms with van der Waals surface area (Å²) < 4.78 is 348. The second-order valence-electron chi connectivity index (χ2n) is 15.6. The zero-order valence-corrected chi connectivity index (χ0v) is 35.1. The maximum Gasteiger partial charge on any atom is 0.416 e. The monoisotopic (exact) mass is 1080 g/mol. The van der Waals surface area contributed by atoms with E-state index in [1.165, 1.54) is 0 Å². The summed E-state index contributed by atoms with van der Waals surface area (Å²) in [5.74, 6) is 0.777. The van der Waals surface area contributed by atoms with Crippen molar-refractivity contribution in [3.63, 3.8) is 0 Å². The summed E-state index contributed by atoms with van der Waals surface area (Å²) >= 11 is 0. The number of hydrogen-bond donors (Lipinski definition) is 0. The van der Waals surface area contributed by atoms with E-state index in [0.29, 0.717) is 0 Å². The standard InChI is InChI=1S/C32H12BF24.C13H10NO2/c34-25(35,36)13-1-14(26(37,38)39)6-21(5-13)33(22-7-15(27(40,41)42)2-16(8-22)28(43,44)45,23-9-17(29(46,47)48)3-18(10-23)30(49,50)51)24-11-19(31(52,53)54)4-20(12-24)32(55,56)57;1-2-6-11(7-3-1)16-14-10-15-13-9-5-4-8-12(13)14/h1-12H;1-10H/q-1;+1. The Balaban J connectivity index is 0.000000453. The Morgan fingerprint density at radius 1 is 0.315 bits per heavy atom. The summed E-state index contributed by atoms with van der Waals surface area (Å²) in [5.41, 5.74) is -28.5. The summed E-state index contributed by atoms with van der Waals surface area (Å²) in [6, 6.07) is 8.52. The van der Waals surface area contributed by atoms with Crippen molar-refractivity contribution in [1.29, 1.82) is 0 Å². The molecule has 0 aliphatic carbocycles. The zero-order chi connectivity index (χ0) is 54.7. The number of aromatic nitrogens is 1. The molecule has 0 saturated heterocycles. The molecule has 28 heteroatoms. The molecule has 0 spiro atoms. The third kappa shape index (κ3) is 12.3. The number of fused-ring (bicyclic) bond motifs is 1. The molecule has 1 aromatic heterocycles. The summed E-state index contributed by atoms with van der Waals surface area (Å²) in [7, 11) is 0. The maximum absolute atomic E-state index is 14.2. The molecule has 1 heterocycles. The lowest BCUT2D eigenvalue weighted by Gasteiger charge is -2.46. The van der Waals surface area contributed by atoms with Gasteiger partial charge in [0, 0.05) is 6.07 Å². The minimum Gasteiger partial charge on any atom is -0.400 e. The van der Waals surface area contributed by atoms with Crippen LogP contribution in [0.3, 0.4) is 0 Å². The van der Waals surface area contributed by atoms with Crippen molar-refractivity contribution in [3.8, 4) is 5.75 Å². The first-order chi connectivity index (χ1) is 33.2. The average molecular weight is 1080 g/mol. The quantitative estimate of drug-likeness (QED) is 0.0942. The van der Waals surface area contributed by atoms with Gasteiger partial charge in [-0.05, 0) is 42.5 Å². The van der Waals surface area contributed by atoms with Crippen LogP contribution in [-0.2, 0) is 49.4 Å². The second-order valence-corrected chi connectivity index (χ2v) is 15.6. The second kappa shape index (κ2) is 18.8. The van der Waals surface area contributed by atoms with Gasteiger partial charge in [0.1, 0.15) is 6.15 Å². The van der Waals surface area contributed by atoms with Crippen LogP contribution in [-0.4, -0.2) is 6.15 Å². The Labute approximate surface area is 391 Å². The Morgan fingerprint density at radius 2 is 0.562 bits per heavy atom. The largest absolute Gasteiger partial charge is 0.416 e. The normalized spacial score (nSPS) is 13.5. The van der Waals surface area contributed by atoms with Crippen molar-refractivity contribution in [1.82, 2.24) is 0 Å². The number of hydrogen-bond acceptors (Lipinski definition) is 2. The van der Waals surface area contributed by atoms with Crippen molar-refractivity contribution < 1.29 is 119 Å². The van der Waals surface area contributed by atoms with E-state index in [2.05, 4.69) is 0 Å². The van der Waals surface area contributed by atoms with Crippen LogP contribution in [0.25, 0.3) is 11.1 Å². The van der Waals surface area contributed by atoms with Crippen LogP contribution in [0, 0.1) is 0 Å². The minimum atomic E-state index is -6.13. The van der Waals surface area contributed by atoms with Crippen molar-refractivity contribution >= 4 is 39.1 Å². The summed E-state index contributed by atoms with van der Waals surface area (Å²) in [4.78, 5) is 5.65. The van der Waals surface area contributed by atoms with Gasteiger partial charge >= 0.3 is 61.3 Å². The molecular weight excluding hydrogens is 1050 g/mol. The molecule has 73 heavy (non-hydrogen) atoms. The van der Waals surface area contributed by atoms with E-state index in [1.807, 2.05) is 54.6 Å². The SMILES string of the molecule is FC(F)(F)c1cc([B-](c2cc(C(F)(F)F)cc(C(F)(F)F)c2)(c2cc(C(F)(F)F)cc(C(F)(F)F)c2)c2cc(C(F)(F)F)cc(C(F)(F)F)c2)cc(C(F)(F)F)c1.c1ccc(O[n+]2coc3ccccc32)cc1. The van der Waals surface area contributed by atoms with Crippen LogP contribution >= 0.6 is 0 Å². The van der Waals surface area contributed by atoms with E-state index in [0.717, 1.165) is 16.8 Å². The van der Waals surface area contributed by atoms with Crippen molar-refractivity contribution in [2.45, 2.75) is 49.4 Å². The highest BCUT2D eigenvalue weighted by atomic mass is 19.4. The van der Waals surface area contributed by atoms with Crippen LogP contribution in [0.4, 0.5) is 105 Å². The van der Waals surface area contributed by atoms with Crippen molar-refractivity contribution in [2.75, 3.05) is 0 Å². The summed E-state index contributed by atoms with van der Waals surface area (Å²) in [5, 5.41) is 0. The molecular formula is C45H22BF24NO2. The summed E-state index contributed by atoms with van der Waals surface area (Å²) in [6.07, 6.45) is -53.3. The summed E-state index contributed by atoms with van der Waals surface area (Å²) in [6.45, 7) is 0. The molecule has 0 atom stereocenters. The van der Waals surface area contributed by atoms with Gasteiger partial charge in [0.2, 0.25) is 11.3 Å². The van der Waals surface area contributed by atoms with Crippen molar-refractivity contribution in [2.24, 2.45) is 0 Å². The first kappa shape index (κ1) is 55.3. The Bertz CT molecular complexity index is 2660. The molecule has 0 fully saturated rings. The van der Waals surface area contributed by atoms with E-state index >= 15 is 0 Å². The maximum atomic E-state index is 14.2. The number of halogens is 24. The molecule has 3 nitrogen and oxygen atoms in total. The molecule has 0 bridgehead atoms. The fourth-order valence-electron chi connectivity index (χ4n) is 7.64. The first-order valence-corrected chi connectivity index (χ1v) is 19.7. The first-order valence-electron chi connectivity index (χ1n) is 19.7. The van der Waals surface area contributed by atoms with E-state index in [9.17, 15) is 105 Å². The molecule has 6 aromatic carbocycles. The van der Waals surface area contributed by atoms with Gasteiger partial charge in [0.15, 0.2) is 0 Å². The van der Waals surface area contributed by atoms with Gasteiger partial charge in [-0.15, -0.1) is 0 Å². The molecule has 0 aliphatic heterocycles.